The second kappa shape index (κ2) is 5.29. The molecule has 4 nitrogen and oxygen atoms in total. The Hall–Kier alpha value is -1.71. The molecule has 1 heterocycles. The van der Waals surface area contributed by atoms with E-state index in [-0.39, 0.29) is 6.10 Å². The van der Waals surface area contributed by atoms with Crippen molar-refractivity contribution in [1.82, 2.24) is 4.90 Å². The van der Waals surface area contributed by atoms with Gasteiger partial charge in [0.05, 0.1) is 0 Å². The number of hydrogen-bond donors (Lipinski definition) is 1. The molecule has 0 radical (unpaired) electrons. The van der Waals surface area contributed by atoms with Crippen LogP contribution in [0.4, 0.5) is 11.4 Å². The number of unbranched alkanes of at least 4 members (excludes halogenated alkanes) is 1. The molecule has 2 N–H and O–H groups in total. The summed E-state index contributed by atoms with van der Waals surface area (Å²) in [6.45, 7) is 5.22. The maximum absolute atomic E-state index is 5.87. The van der Waals surface area contributed by atoms with Crippen molar-refractivity contribution >= 4 is 17.2 Å². The van der Waals surface area contributed by atoms with Crippen molar-refractivity contribution < 1.29 is 4.74 Å². The monoisotopic (exact) mass is 247 g/mol. The Kier molecular flexibility index (Phi) is 3.75. The van der Waals surface area contributed by atoms with E-state index in [2.05, 4.69) is 23.9 Å². The number of aliphatic imine (C=N–C) groups is 1. The molecule has 0 aromatic heterocycles. The smallest absolute Gasteiger partial charge is 0.153 e. The highest BCUT2D eigenvalue weighted by Crippen LogP contribution is 2.34. The van der Waals surface area contributed by atoms with Gasteiger partial charge in [0.1, 0.15) is 17.3 Å². The highest BCUT2D eigenvalue weighted by Gasteiger charge is 2.23. The molecule has 1 aromatic carbocycles. The predicted octanol–water partition coefficient (Wildman–Crippen LogP) is 2.81. The van der Waals surface area contributed by atoms with Crippen LogP contribution in [0.1, 0.15) is 26.7 Å². The van der Waals surface area contributed by atoms with Crippen molar-refractivity contribution in [1.29, 1.82) is 0 Å². The lowest BCUT2D eigenvalue weighted by molar-refractivity contribution is 0.260. The van der Waals surface area contributed by atoms with E-state index in [4.69, 9.17) is 10.5 Å². The standard InChI is InChI=1S/C14H21N3O/c1-4-5-8-17(3)14-10(2)18-13-7-6-11(15)9-12(13)16-14/h6-7,9-10H,4-5,8,15H2,1-3H3. The van der Waals surface area contributed by atoms with Crippen LogP contribution in [-0.4, -0.2) is 30.4 Å². The molecule has 0 saturated carbocycles. The lowest BCUT2D eigenvalue weighted by Gasteiger charge is -2.30. The van der Waals surface area contributed by atoms with E-state index in [0.29, 0.717) is 5.69 Å². The van der Waals surface area contributed by atoms with Gasteiger partial charge < -0.3 is 15.4 Å². The molecule has 0 aliphatic carbocycles. The van der Waals surface area contributed by atoms with Gasteiger partial charge in [-0.2, -0.15) is 0 Å². The first kappa shape index (κ1) is 12.7. The van der Waals surface area contributed by atoms with Crippen molar-refractivity contribution in [3.63, 3.8) is 0 Å². The highest BCUT2D eigenvalue weighted by atomic mass is 16.5. The van der Waals surface area contributed by atoms with Crippen LogP contribution in [0.25, 0.3) is 0 Å². The van der Waals surface area contributed by atoms with Gasteiger partial charge in [-0.05, 0) is 31.5 Å². The fourth-order valence-corrected chi connectivity index (χ4v) is 2.08. The number of hydrogen-bond acceptors (Lipinski definition) is 4. The van der Waals surface area contributed by atoms with Crippen LogP contribution >= 0.6 is 0 Å². The van der Waals surface area contributed by atoms with E-state index in [1.807, 2.05) is 25.1 Å². The lowest BCUT2D eigenvalue weighted by Crippen LogP contribution is -2.40. The molecule has 1 aliphatic heterocycles. The summed E-state index contributed by atoms with van der Waals surface area (Å²) >= 11 is 0. The normalized spacial score (nSPS) is 17.7. The minimum atomic E-state index is -0.0111. The van der Waals surface area contributed by atoms with E-state index in [9.17, 15) is 0 Å². The van der Waals surface area contributed by atoms with Gasteiger partial charge in [-0.1, -0.05) is 13.3 Å². The summed E-state index contributed by atoms with van der Waals surface area (Å²) in [5.41, 5.74) is 7.32. The number of nitrogens with zero attached hydrogens (tertiary/aromatic N) is 2. The molecule has 1 atom stereocenters. The summed E-state index contributed by atoms with van der Waals surface area (Å²) in [6, 6.07) is 5.58. The van der Waals surface area contributed by atoms with Crippen molar-refractivity contribution in [3.8, 4) is 5.75 Å². The van der Waals surface area contributed by atoms with Gasteiger partial charge in [0.2, 0.25) is 0 Å². The molecule has 1 aromatic rings. The van der Waals surface area contributed by atoms with Crippen LogP contribution in [0.2, 0.25) is 0 Å². The number of likely N-dealkylation sites (N-methyl/N-ethyl adjacent to an activating group) is 1. The van der Waals surface area contributed by atoms with E-state index < -0.39 is 0 Å². The molecule has 0 fully saturated rings. The van der Waals surface area contributed by atoms with Crippen molar-refractivity contribution in [2.45, 2.75) is 32.8 Å². The van der Waals surface area contributed by atoms with Crippen molar-refractivity contribution in [2.24, 2.45) is 4.99 Å². The number of fused-ring (bicyclic) bond motifs is 1. The first-order valence-electron chi connectivity index (χ1n) is 6.47. The number of benzene rings is 1. The number of rotatable bonds is 3. The zero-order chi connectivity index (χ0) is 13.1. The van der Waals surface area contributed by atoms with Gasteiger partial charge in [-0.3, -0.25) is 0 Å². The van der Waals surface area contributed by atoms with Gasteiger partial charge in [0.25, 0.3) is 0 Å². The largest absolute Gasteiger partial charge is 0.481 e. The second-order valence-electron chi connectivity index (χ2n) is 4.73. The topological polar surface area (TPSA) is 50.8 Å². The summed E-state index contributed by atoms with van der Waals surface area (Å²) < 4.78 is 5.87. The van der Waals surface area contributed by atoms with Crippen LogP contribution < -0.4 is 10.5 Å². The first-order chi connectivity index (χ1) is 8.61. The molecule has 0 spiro atoms. The molecule has 2 rings (SSSR count). The Morgan fingerprint density at radius 3 is 2.94 bits per heavy atom. The number of ether oxygens (including phenoxy) is 1. The lowest BCUT2D eigenvalue weighted by atomic mass is 10.2. The highest BCUT2D eigenvalue weighted by molar-refractivity contribution is 5.91. The quantitative estimate of drug-likeness (QED) is 0.836. The fourth-order valence-electron chi connectivity index (χ4n) is 2.08. The minimum Gasteiger partial charge on any atom is -0.481 e. The molecular formula is C14H21N3O. The molecule has 98 valence electrons. The van der Waals surface area contributed by atoms with Gasteiger partial charge in [0.15, 0.2) is 6.10 Å². The molecule has 0 saturated heterocycles. The maximum Gasteiger partial charge on any atom is 0.153 e. The SMILES string of the molecule is CCCCN(C)C1=Nc2cc(N)ccc2OC1C. The average Bonchev–Trinajstić information content (AvgIpc) is 2.35. The van der Waals surface area contributed by atoms with Crippen LogP contribution in [0.3, 0.4) is 0 Å². The van der Waals surface area contributed by atoms with Crippen molar-refractivity contribution in [3.05, 3.63) is 18.2 Å². The van der Waals surface area contributed by atoms with Crippen LogP contribution in [0.15, 0.2) is 23.2 Å². The summed E-state index contributed by atoms with van der Waals surface area (Å²) in [5, 5.41) is 0. The maximum atomic E-state index is 5.87. The van der Waals surface area contributed by atoms with E-state index in [1.165, 1.54) is 6.42 Å². The molecule has 0 amide bonds. The van der Waals surface area contributed by atoms with E-state index in [0.717, 1.165) is 30.2 Å². The Morgan fingerprint density at radius 2 is 2.22 bits per heavy atom. The second-order valence-corrected chi connectivity index (χ2v) is 4.73. The first-order valence-corrected chi connectivity index (χ1v) is 6.47. The molecule has 1 unspecified atom stereocenters. The van der Waals surface area contributed by atoms with Crippen LogP contribution in [-0.2, 0) is 0 Å². The number of amidine groups is 1. The Morgan fingerprint density at radius 1 is 1.44 bits per heavy atom. The summed E-state index contributed by atoms with van der Waals surface area (Å²) in [5.74, 6) is 1.78. The molecule has 4 heteroatoms. The minimum absolute atomic E-state index is 0.0111. The zero-order valence-electron chi connectivity index (χ0n) is 11.3. The average molecular weight is 247 g/mol. The predicted molar refractivity (Wildman–Crippen MR) is 75.6 cm³/mol. The van der Waals surface area contributed by atoms with Crippen molar-refractivity contribution in [2.75, 3.05) is 19.3 Å². The summed E-state index contributed by atoms with van der Waals surface area (Å²) in [7, 11) is 2.06. The third-order valence-electron chi connectivity index (χ3n) is 3.12. The number of nitrogens with two attached hydrogens (primary N) is 1. The van der Waals surface area contributed by atoms with Gasteiger partial charge in [-0.25, -0.2) is 4.99 Å². The summed E-state index contributed by atoms with van der Waals surface area (Å²) in [4.78, 5) is 6.84. The van der Waals surface area contributed by atoms with Gasteiger partial charge in [0, 0.05) is 19.3 Å². The zero-order valence-corrected chi connectivity index (χ0v) is 11.3. The molecule has 0 bridgehead atoms. The van der Waals surface area contributed by atoms with Crippen LogP contribution in [0, 0.1) is 0 Å². The molecule has 18 heavy (non-hydrogen) atoms. The molecule has 1 aliphatic rings. The third kappa shape index (κ3) is 2.58. The summed E-state index contributed by atoms with van der Waals surface area (Å²) in [6.07, 6.45) is 2.32. The Labute approximate surface area is 108 Å². The number of nitrogen functional groups attached to an aromatic ring is 1. The van der Waals surface area contributed by atoms with Gasteiger partial charge in [-0.15, -0.1) is 0 Å². The Bertz CT molecular complexity index is 456. The molecular weight excluding hydrogens is 226 g/mol. The van der Waals surface area contributed by atoms with Crippen LogP contribution in [0.5, 0.6) is 5.75 Å². The van der Waals surface area contributed by atoms with E-state index >= 15 is 0 Å². The Balaban J connectivity index is 2.25. The number of anilines is 1. The van der Waals surface area contributed by atoms with E-state index in [1.54, 1.807) is 0 Å². The third-order valence-corrected chi connectivity index (χ3v) is 3.12. The fraction of sp³-hybridized carbons (Fsp3) is 0.500. The van der Waals surface area contributed by atoms with Gasteiger partial charge >= 0.3 is 0 Å².